The number of amides is 1. The average Bonchev–Trinajstić information content (AvgIpc) is 3.15. The van der Waals surface area contributed by atoms with Crippen LogP contribution in [0.25, 0.3) is 10.2 Å². The number of fused-ring (bicyclic) bond motifs is 1. The fourth-order valence-electron chi connectivity index (χ4n) is 4.22. The molecule has 0 atom stereocenters. The fourth-order valence-corrected chi connectivity index (χ4v) is 5.16. The second kappa shape index (κ2) is 8.18. The van der Waals surface area contributed by atoms with Crippen molar-refractivity contribution >= 4 is 32.6 Å². The van der Waals surface area contributed by atoms with Crippen LogP contribution in [0.15, 0.2) is 36.7 Å². The highest BCUT2D eigenvalue weighted by Crippen LogP contribution is 2.35. The molecule has 1 aliphatic carbocycles. The minimum Gasteiger partial charge on any atom is -0.473 e. The second-order valence-corrected chi connectivity index (χ2v) is 9.10. The van der Waals surface area contributed by atoms with Crippen LogP contribution in [0.2, 0.25) is 0 Å². The van der Waals surface area contributed by atoms with E-state index in [1.165, 1.54) is 4.70 Å². The van der Waals surface area contributed by atoms with Gasteiger partial charge in [0.25, 0.3) is 0 Å². The number of thiazole rings is 1. The Kier molecular flexibility index (Phi) is 5.25. The lowest BCUT2D eigenvalue weighted by Crippen LogP contribution is -2.43. The summed E-state index contributed by atoms with van der Waals surface area (Å²) < 4.78 is 7.43. The van der Waals surface area contributed by atoms with Crippen molar-refractivity contribution in [1.82, 2.24) is 19.9 Å². The maximum absolute atomic E-state index is 11.6. The summed E-state index contributed by atoms with van der Waals surface area (Å²) in [6.07, 6.45) is 7.23. The summed E-state index contributed by atoms with van der Waals surface area (Å²) in [4.78, 5) is 27.2. The van der Waals surface area contributed by atoms with Gasteiger partial charge in [-0.3, -0.25) is 9.78 Å². The number of aromatic nitrogens is 3. The van der Waals surface area contributed by atoms with E-state index in [9.17, 15) is 4.79 Å². The number of para-hydroxylation sites is 1. The summed E-state index contributed by atoms with van der Waals surface area (Å²) in [5.74, 6) is 1.09. The minimum absolute atomic E-state index is 0.143. The molecule has 1 amide bonds. The Labute approximate surface area is 179 Å². The molecule has 2 fully saturated rings. The number of piperidine rings is 1. The van der Waals surface area contributed by atoms with Crippen molar-refractivity contribution in [2.45, 2.75) is 50.7 Å². The van der Waals surface area contributed by atoms with Crippen molar-refractivity contribution in [1.29, 1.82) is 0 Å². The predicted octanol–water partition coefficient (Wildman–Crippen LogP) is 3.83. The normalized spacial score (nSPS) is 22.0. The summed E-state index contributed by atoms with van der Waals surface area (Å²) in [5, 5.41) is 4.50. The van der Waals surface area contributed by atoms with E-state index in [2.05, 4.69) is 26.3 Å². The van der Waals surface area contributed by atoms with Gasteiger partial charge in [0, 0.05) is 57.2 Å². The third kappa shape index (κ3) is 3.96. The Balaban J connectivity index is 1.17. The summed E-state index contributed by atoms with van der Waals surface area (Å²) in [5.41, 5.74) is 1.97. The van der Waals surface area contributed by atoms with Crippen LogP contribution < -0.4 is 10.1 Å². The Hall–Kier alpha value is -2.74. The summed E-state index contributed by atoms with van der Waals surface area (Å²) in [6.45, 7) is 3.17. The molecule has 8 heteroatoms. The first-order valence-electron chi connectivity index (χ1n) is 10.5. The molecular formula is C22H25N5O2S. The lowest BCUT2D eigenvalue weighted by atomic mass is 9.89. The van der Waals surface area contributed by atoms with Crippen LogP contribution >= 0.6 is 11.3 Å². The molecule has 1 saturated carbocycles. The van der Waals surface area contributed by atoms with Crippen LogP contribution in [-0.4, -0.2) is 51.0 Å². The minimum atomic E-state index is 0.143. The van der Waals surface area contributed by atoms with E-state index < -0.39 is 0 Å². The van der Waals surface area contributed by atoms with Gasteiger partial charge in [0.05, 0.1) is 10.2 Å². The highest BCUT2D eigenvalue weighted by atomic mass is 32.1. The van der Waals surface area contributed by atoms with Crippen molar-refractivity contribution in [3.8, 4) is 5.88 Å². The summed E-state index contributed by atoms with van der Waals surface area (Å²) in [7, 11) is 0. The molecular weight excluding hydrogens is 398 g/mol. The molecule has 1 saturated heterocycles. The first-order chi connectivity index (χ1) is 14.7. The molecule has 30 heavy (non-hydrogen) atoms. The van der Waals surface area contributed by atoms with E-state index in [-0.39, 0.29) is 12.0 Å². The van der Waals surface area contributed by atoms with Gasteiger partial charge in [-0.25, -0.2) is 9.97 Å². The maximum Gasteiger partial charge on any atom is 0.236 e. The van der Waals surface area contributed by atoms with Gasteiger partial charge in [-0.05, 0) is 25.0 Å². The molecule has 1 aromatic carbocycles. The molecule has 0 radical (unpaired) electrons. The number of rotatable bonds is 5. The Morgan fingerprint density at radius 1 is 1.17 bits per heavy atom. The molecule has 1 aliphatic heterocycles. The van der Waals surface area contributed by atoms with Crippen molar-refractivity contribution in [2.75, 3.05) is 18.4 Å². The first-order valence-corrected chi connectivity index (χ1v) is 11.3. The third-order valence-electron chi connectivity index (χ3n) is 6.01. The molecule has 1 N–H and O–H groups in total. The molecule has 7 nitrogen and oxygen atoms in total. The van der Waals surface area contributed by atoms with Gasteiger partial charge in [0.2, 0.25) is 11.8 Å². The number of likely N-dealkylation sites (tertiary alicyclic amines) is 1. The van der Waals surface area contributed by atoms with E-state index in [0.717, 1.165) is 55.1 Å². The van der Waals surface area contributed by atoms with Crippen LogP contribution in [0.1, 0.15) is 44.2 Å². The fraction of sp³-hybridized carbons (Fsp3) is 0.455. The highest BCUT2D eigenvalue weighted by molar-refractivity contribution is 7.22. The molecule has 0 unspecified atom stereocenters. The van der Waals surface area contributed by atoms with Gasteiger partial charge in [-0.15, -0.1) is 0 Å². The van der Waals surface area contributed by atoms with E-state index in [4.69, 9.17) is 4.74 Å². The van der Waals surface area contributed by atoms with Gasteiger partial charge < -0.3 is 15.0 Å². The zero-order valence-electron chi connectivity index (χ0n) is 17.0. The third-order valence-corrected chi connectivity index (χ3v) is 6.98. The van der Waals surface area contributed by atoms with Crippen LogP contribution in [0.5, 0.6) is 5.88 Å². The Morgan fingerprint density at radius 3 is 2.70 bits per heavy atom. The van der Waals surface area contributed by atoms with Crippen molar-refractivity contribution < 1.29 is 9.53 Å². The van der Waals surface area contributed by atoms with E-state index in [0.29, 0.717) is 17.8 Å². The topological polar surface area (TPSA) is 80.2 Å². The largest absolute Gasteiger partial charge is 0.473 e. The smallest absolute Gasteiger partial charge is 0.236 e. The molecule has 3 aromatic rings. The number of nitrogens with zero attached hydrogens (tertiary/aromatic N) is 4. The van der Waals surface area contributed by atoms with Crippen LogP contribution in [-0.2, 0) is 4.79 Å². The molecule has 3 heterocycles. The lowest BCUT2D eigenvalue weighted by molar-refractivity contribution is -0.129. The Morgan fingerprint density at radius 2 is 1.93 bits per heavy atom. The summed E-state index contributed by atoms with van der Waals surface area (Å²) >= 11 is 1.69. The van der Waals surface area contributed by atoms with E-state index >= 15 is 0 Å². The van der Waals surface area contributed by atoms with Gasteiger partial charge in [0.15, 0.2) is 5.13 Å². The van der Waals surface area contributed by atoms with Gasteiger partial charge in [-0.2, -0.15) is 0 Å². The van der Waals surface area contributed by atoms with E-state index in [1.54, 1.807) is 30.7 Å². The number of hydrogen-bond acceptors (Lipinski definition) is 7. The molecule has 2 aliphatic rings. The van der Waals surface area contributed by atoms with Gasteiger partial charge in [-0.1, -0.05) is 23.5 Å². The summed E-state index contributed by atoms with van der Waals surface area (Å²) in [6, 6.07) is 8.57. The first kappa shape index (κ1) is 19.2. The van der Waals surface area contributed by atoms with Crippen molar-refractivity contribution in [2.24, 2.45) is 0 Å². The molecule has 156 valence electrons. The zero-order chi connectivity index (χ0) is 20.5. The Bertz CT molecular complexity index is 1010. The quantitative estimate of drug-likeness (QED) is 0.672. The molecule has 0 spiro atoms. The van der Waals surface area contributed by atoms with Crippen LogP contribution in [0.4, 0.5) is 5.13 Å². The average molecular weight is 424 g/mol. The maximum atomic E-state index is 11.6. The molecule has 2 aromatic heterocycles. The standard InChI is InChI=1S/C22H25N5O2S/c1-14(28)27-10-6-15(7-11-27)20-21(24-9-8-23-20)29-17-12-16(13-17)25-22-26-18-4-2-3-5-19(18)30-22/h2-5,8-9,15-17H,6-7,10-13H2,1H3,(H,25,26)/t16-,17-. The monoisotopic (exact) mass is 423 g/mol. The zero-order valence-corrected chi connectivity index (χ0v) is 17.8. The van der Waals surface area contributed by atoms with Crippen LogP contribution in [0.3, 0.4) is 0 Å². The number of hydrogen-bond donors (Lipinski definition) is 1. The molecule has 0 bridgehead atoms. The van der Waals surface area contributed by atoms with Crippen molar-refractivity contribution in [3.63, 3.8) is 0 Å². The van der Waals surface area contributed by atoms with Crippen molar-refractivity contribution in [3.05, 3.63) is 42.4 Å². The van der Waals surface area contributed by atoms with Gasteiger partial charge in [0.1, 0.15) is 11.8 Å². The van der Waals surface area contributed by atoms with Gasteiger partial charge >= 0.3 is 0 Å². The number of carbonyl (C=O) groups is 1. The SMILES string of the molecule is CC(=O)N1CCC(c2nccnc2O[C@H]2C[C@H](Nc3nc4ccccc4s3)C2)CC1. The number of nitrogens with one attached hydrogen (secondary N) is 1. The predicted molar refractivity (Wildman–Crippen MR) is 117 cm³/mol. The molecule has 5 rings (SSSR count). The lowest BCUT2D eigenvalue weighted by Gasteiger charge is -2.36. The van der Waals surface area contributed by atoms with E-state index in [1.807, 2.05) is 23.1 Å². The number of carbonyl (C=O) groups excluding carboxylic acids is 1. The number of benzene rings is 1. The second-order valence-electron chi connectivity index (χ2n) is 8.07. The highest BCUT2D eigenvalue weighted by Gasteiger charge is 2.33. The number of anilines is 1. The number of ether oxygens (including phenoxy) is 1. The van der Waals surface area contributed by atoms with Crippen LogP contribution in [0, 0.1) is 0 Å².